The first-order valence-corrected chi connectivity index (χ1v) is 7.24. The lowest BCUT2D eigenvalue weighted by atomic mass is 10.1. The van der Waals surface area contributed by atoms with Crippen LogP contribution in [-0.4, -0.2) is 38.8 Å². The van der Waals surface area contributed by atoms with E-state index in [1.807, 2.05) is 44.4 Å². The van der Waals surface area contributed by atoms with Crippen molar-refractivity contribution < 1.29 is 4.79 Å². The average Bonchev–Trinajstić information content (AvgIpc) is 3.02. The largest absolute Gasteiger partial charge is 0.361 e. The summed E-state index contributed by atoms with van der Waals surface area (Å²) in [5.74, 6) is 0.00731. The number of likely N-dealkylation sites (N-methyl/N-ethyl adjacent to an activating group) is 1. The number of carbonyl (C=O) groups is 1. The molecule has 1 N–H and O–H groups in total. The first kappa shape index (κ1) is 14.3. The van der Waals surface area contributed by atoms with E-state index >= 15 is 0 Å². The van der Waals surface area contributed by atoms with E-state index in [0.717, 1.165) is 16.6 Å². The van der Waals surface area contributed by atoms with Crippen LogP contribution in [0.2, 0.25) is 0 Å². The highest BCUT2D eigenvalue weighted by Crippen LogP contribution is 2.16. The Balaban J connectivity index is 1.75. The van der Waals surface area contributed by atoms with Gasteiger partial charge in [0.15, 0.2) is 0 Å². The van der Waals surface area contributed by atoms with E-state index < -0.39 is 0 Å². The average molecular weight is 294 g/mol. The number of nitrogens with one attached hydrogen (secondary N) is 1. The zero-order valence-corrected chi connectivity index (χ0v) is 12.7. The number of hydrogen-bond acceptors (Lipinski definition) is 3. The number of amides is 1. The summed E-state index contributed by atoms with van der Waals surface area (Å²) in [7, 11) is 1.82. The van der Waals surface area contributed by atoms with Crippen molar-refractivity contribution in [3.63, 3.8) is 0 Å². The van der Waals surface area contributed by atoms with E-state index in [0.29, 0.717) is 12.0 Å². The van der Waals surface area contributed by atoms with Crippen molar-refractivity contribution in [2.45, 2.75) is 19.4 Å². The predicted octanol–water partition coefficient (Wildman–Crippen LogP) is 2.66. The van der Waals surface area contributed by atoms with Gasteiger partial charge in [0.25, 0.3) is 5.91 Å². The van der Waals surface area contributed by atoms with Crippen LogP contribution in [0.15, 0.2) is 49.1 Å². The van der Waals surface area contributed by atoms with Gasteiger partial charge in [-0.15, -0.1) is 0 Å². The molecule has 112 valence electrons. The van der Waals surface area contributed by atoms with Crippen LogP contribution in [0.4, 0.5) is 0 Å². The number of fused-ring (bicyclic) bond motifs is 1. The van der Waals surface area contributed by atoms with Gasteiger partial charge in [-0.3, -0.25) is 14.8 Å². The van der Waals surface area contributed by atoms with E-state index in [-0.39, 0.29) is 11.9 Å². The van der Waals surface area contributed by atoms with Gasteiger partial charge in [-0.05, 0) is 30.5 Å². The normalized spacial score (nSPS) is 12.3. The first-order chi connectivity index (χ1) is 10.6. The second-order valence-corrected chi connectivity index (χ2v) is 5.45. The van der Waals surface area contributed by atoms with Crippen LogP contribution >= 0.6 is 0 Å². The lowest BCUT2D eigenvalue weighted by Crippen LogP contribution is -2.36. The summed E-state index contributed by atoms with van der Waals surface area (Å²) in [6, 6.07) is 7.75. The molecule has 22 heavy (non-hydrogen) atoms. The minimum atomic E-state index is 0.00731. The Morgan fingerprint density at radius 2 is 2.18 bits per heavy atom. The highest BCUT2D eigenvalue weighted by atomic mass is 16.2. The summed E-state index contributed by atoms with van der Waals surface area (Å²) in [6.07, 6.45) is 7.61. The topological polar surface area (TPSA) is 61.9 Å². The van der Waals surface area contributed by atoms with Gasteiger partial charge < -0.3 is 9.88 Å². The molecule has 0 aliphatic carbocycles. The van der Waals surface area contributed by atoms with Crippen LogP contribution < -0.4 is 0 Å². The van der Waals surface area contributed by atoms with Gasteiger partial charge in [0.05, 0.1) is 5.69 Å². The maximum atomic E-state index is 12.6. The van der Waals surface area contributed by atoms with Crippen LogP contribution in [0.3, 0.4) is 0 Å². The van der Waals surface area contributed by atoms with Crippen molar-refractivity contribution in [2.75, 3.05) is 7.05 Å². The van der Waals surface area contributed by atoms with Gasteiger partial charge in [-0.1, -0.05) is 6.07 Å². The summed E-state index contributed by atoms with van der Waals surface area (Å²) in [5.41, 5.74) is 2.54. The Labute approximate surface area is 129 Å². The molecule has 0 bridgehead atoms. The molecule has 0 spiro atoms. The van der Waals surface area contributed by atoms with Crippen LogP contribution in [0.25, 0.3) is 10.9 Å². The molecule has 1 amide bonds. The first-order valence-electron chi connectivity index (χ1n) is 7.24. The molecule has 1 aromatic carbocycles. The summed E-state index contributed by atoms with van der Waals surface area (Å²) in [6.45, 7) is 2.01. The van der Waals surface area contributed by atoms with Gasteiger partial charge in [-0.25, -0.2) is 0 Å². The van der Waals surface area contributed by atoms with Gasteiger partial charge in [-0.2, -0.15) is 0 Å². The highest BCUT2D eigenvalue weighted by Gasteiger charge is 2.18. The van der Waals surface area contributed by atoms with Gasteiger partial charge in [0, 0.05) is 55.4 Å². The van der Waals surface area contributed by atoms with Crippen molar-refractivity contribution >= 4 is 16.8 Å². The number of aromatic nitrogens is 3. The number of benzene rings is 1. The Hall–Kier alpha value is -2.69. The summed E-state index contributed by atoms with van der Waals surface area (Å²) < 4.78 is 0. The Morgan fingerprint density at radius 1 is 1.32 bits per heavy atom. The van der Waals surface area contributed by atoms with Crippen LogP contribution in [0.1, 0.15) is 23.0 Å². The SMILES string of the molecule is C[C@@H](Cc1cnccn1)N(C)C(=O)c1ccc2cc[nH]c2c1. The molecular weight excluding hydrogens is 276 g/mol. The molecule has 2 aromatic heterocycles. The molecule has 5 heteroatoms. The number of hydrogen-bond donors (Lipinski definition) is 1. The van der Waals surface area contributed by atoms with E-state index in [1.54, 1.807) is 23.5 Å². The molecule has 0 radical (unpaired) electrons. The Bertz CT molecular complexity index is 781. The third-order valence-electron chi connectivity index (χ3n) is 3.90. The van der Waals surface area contributed by atoms with Gasteiger partial charge >= 0.3 is 0 Å². The standard InChI is InChI=1S/C17H18N4O/c1-12(9-15-11-18-7-8-19-15)21(2)17(22)14-4-3-13-5-6-20-16(13)10-14/h3-8,10-12,20H,9H2,1-2H3/t12-/m0/s1. The highest BCUT2D eigenvalue weighted by molar-refractivity contribution is 5.97. The van der Waals surface area contributed by atoms with Crippen molar-refractivity contribution in [3.05, 3.63) is 60.3 Å². The molecular formula is C17H18N4O. The number of H-pyrrole nitrogens is 1. The Kier molecular flexibility index (Phi) is 3.87. The zero-order chi connectivity index (χ0) is 15.5. The monoisotopic (exact) mass is 294 g/mol. The zero-order valence-electron chi connectivity index (χ0n) is 12.7. The molecule has 0 fully saturated rings. The molecule has 3 aromatic rings. The molecule has 0 aliphatic rings. The second kappa shape index (κ2) is 5.97. The smallest absolute Gasteiger partial charge is 0.253 e. The number of nitrogens with zero attached hydrogens (tertiary/aromatic N) is 3. The van der Waals surface area contributed by atoms with E-state index in [4.69, 9.17) is 0 Å². The molecule has 0 saturated carbocycles. The third-order valence-corrected chi connectivity index (χ3v) is 3.90. The number of rotatable bonds is 4. The summed E-state index contributed by atoms with van der Waals surface area (Å²) in [4.78, 5) is 25.8. The van der Waals surface area contributed by atoms with E-state index in [1.165, 1.54) is 0 Å². The number of carbonyl (C=O) groups excluding carboxylic acids is 1. The maximum absolute atomic E-state index is 12.6. The van der Waals surface area contributed by atoms with Crippen LogP contribution in [0, 0.1) is 0 Å². The van der Waals surface area contributed by atoms with Crippen molar-refractivity contribution in [1.29, 1.82) is 0 Å². The Morgan fingerprint density at radius 3 is 2.95 bits per heavy atom. The summed E-state index contributed by atoms with van der Waals surface area (Å²) in [5, 5.41) is 1.10. The third kappa shape index (κ3) is 2.83. The molecule has 5 nitrogen and oxygen atoms in total. The van der Waals surface area contributed by atoms with Crippen molar-refractivity contribution in [3.8, 4) is 0 Å². The van der Waals surface area contributed by atoms with Crippen LogP contribution in [-0.2, 0) is 6.42 Å². The summed E-state index contributed by atoms with van der Waals surface area (Å²) >= 11 is 0. The molecule has 3 rings (SSSR count). The fourth-order valence-electron chi connectivity index (χ4n) is 2.46. The van der Waals surface area contributed by atoms with E-state index in [9.17, 15) is 4.79 Å². The van der Waals surface area contributed by atoms with Crippen molar-refractivity contribution in [1.82, 2.24) is 19.9 Å². The quantitative estimate of drug-likeness (QED) is 0.804. The van der Waals surface area contributed by atoms with Gasteiger partial charge in [0.1, 0.15) is 0 Å². The minimum Gasteiger partial charge on any atom is -0.361 e. The molecule has 2 heterocycles. The fourth-order valence-corrected chi connectivity index (χ4v) is 2.46. The minimum absolute atomic E-state index is 0.00731. The molecule has 0 saturated heterocycles. The maximum Gasteiger partial charge on any atom is 0.253 e. The molecule has 1 atom stereocenters. The predicted molar refractivity (Wildman–Crippen MR) is 85.6 cm³/mol. The van der Waals surface area contributed by atoms with Gasteiger partial charge in [0.2, 0.25) is 0 Å². The fraction of sp³-hybridized carbons (Fsp3) is 0.235. The molecule has 0 aliphatic heterocycles. The lowest BCUT2D eigenvalue weighted by molar-refractivity contribution is 0.0743. The molecule has 0 unspecified atom stereocenters. The van der Waals surface area contributed by atoms with Crippen molar-refractivity contribution in [2.24, 2.45) is 0 Å². The van der Waals surface area contributed by atoms with Crippen LogP contribution in [0.5, 0.6) is 0 Å². The number of aromatic amines is 1. The second-order valence-electron chi connectivity index (χ2n) is 5.45. The van der Waals surface area contributed by atoms with E-state index in [2.05, 4.69) is 15.0 Å². The lowest BCUT2D eigenvalue weighted by Gasteiger charge is -2.24.